The van der Waals surface area contributed by atoms with Gasteiger partial charge in [0.15, 0.2) is 0 Å². The first-order chi connectivity index (χ1) is 6.95. The fourth-order valence-electron chi connectivity index (χ4n) is 2.27. The molecule has 1 atom stereocenters. The van der Waals surface area contributed by atoms with E-state index < -0.39 is 0 Å². The highest BCUT2D eigenvalue weighted by molar-refractivity contribution is 5.85. The van der Waals surface area contributed by atoms with Crippen LogP contribution in [0.5, 0.6) is 0 Å². The Balaban J connectivity index is 0.000000853. The number of nitrogens with one attached hydrogen (secondary N) is 1. The highest BCUT2D eigenvalue weighted by atomic mass is 35.5. The summed E-state index contributed by atoms with van der Waals surface area (Å²) in [5.74, 6) is 0.512. The summed E-state index contributed by atoms with van der Waals surface area (Å²) >= 11 is 0. The molecular formula is C12H13ClN2. The summed E-state index contributed by atoms with van der Waals surface area (Å²) < 4.78 is 0. The van der Waals surface area contributed by atoms with Crippen molar-refractivity contribution in [1.29, 1.82) is 0 Å². The van der Waals surface area contributed by atoms with E-state index in [4.69, 9.17) is 0 Å². The number of benzene rings is 1. The Labute approximate surface area is 95.1 Å². The summed E-state index contributed by atoms with van der Waals surface area (Å²) in [6.45, 7) is 0. The summed E-state index contributed by atoms with van der Waals surface area (Å²) in [4.78, 5) is 0. The van der Waals surface area contributed by atoms with E-state index in [1.165, 1.54) is 23.2 Å². The molecule has 1 N–H and O–H groups in total. The molecule has 1 aromatic carbocycles. The number of aryl methyl sites for hydroxylation is 1. The van der Waals surface area contributed by atoms with Gasteiger partial charge in [0, 0.05) is 12.1 Å². The van der Waals surface area contributed by atoms with E-state index in [0.29, 0.717) is 5.92 Å². The largest absolute Gasteiger partial charge is 0.285 e. The van der Waals surface area contributed by atoms with Gasteiger partial charge >= 0.3 is 0 Å². The van der Waals surface area contributed by atoms with Gasteiger partial charge in [0.1, 0.15) is 0 Å². The van der Waals surface area contributed by atoms with Crippen LogP contribution in [-0.4, -0.2) is 10.2 Å². The van der Waals surface area contributed by atoms with E-state index in [2.05, 4.69) is 40.5 Å². The van der Waals surface area contributed by atoms with Crippen molar-refractivity contribution in [2.24, 2.45) is 0 Å². The first-order valence-electron chi connectivity index (χ1n) is 5.02. The minimum atomic E-state index is 0. The molecule has 78 valence electrons. The Kier molecular flexibility index (Phi) is 2.78. The number of H-pyrrole nitrogens is 1. The second-order valence-corrected chi connectivity index (χ2v) is 3.80. The van der Waals surface area contributed by atoms with Crippen molar-refractivity contribution in [2.45, 2.75) is 18.8 Å². The first-order valence-corrected chi connectivity index (χ1v) is 5.02. The molecule has 1 unspecified atom stereocenters. The molecule has 0 amide bonds. The van der Waals surface area contributed by atoms with Gasteiger partial charge in [-0.15, -0.1) is 12.4 Å². The van der Waals surface area contributed by atoms with Crippen LogP contribution in [0.3, 0.4) is 0 Å². The van der Waals surface area contributed by atoms with Gasteiger partial charge in [-0.3, -0.25) is 5.10 Å². The van der Waals surface area contributed by atoms with E-state index in [1.807, 2.05) is 6.20 Å². The van der Waals surface area contributed by atoms with Crippen molar-refractivity contribution in [2.75, 3.05) is 0 Å². The van der Waals surface area contributed by atoms with Gasteiger partial charge in [-0.2, -0.15) is 5.10 Å². The molecule has 0 aliphatic heterocycles. The number of halogens is 1. The lowest BCUT2D eigenvalue weighted by molar-refractivity contribution is 0.753. The summed E-state index contributed by atoms with van der Waals surface area (Å²) in [5, 5.41) is 7.28. The fourth-order valence-corrected chi connectivity index (χ4v) is 2.27. The molecule has 0 bridgehead atoms. The quantitative estimate of drug-likeness (QED) is 0.787. The van der Waals surface area contributed by atoms with Gasteiger partial charge in [-0.25, -0.2) is 0 Å². The maximum atomic E-state index is 4.33. The number of rotatable bonds is 1. The standard InChI is InChI=1S/C12H12N2.ClH/c1-2-4-9(5-3-1)11-7-6-10-8-13-14-12(10)11;/h1-5,8,11H,6-7H2,(H,13,14);1H. The maximum Gasteiger partial charge on any atom is 0.0728 e. The molecule has 0 fully saturated rings. The zero-order valence-corrected chi connectivity index (χ0v) is 9.13. The van der Waals surface area contributed by atoms with Gasteiger partial charge < -0.3 is 0 Å². The van der Waals surface area contributed by atoms with Crippen molar-refractivity contribution < 1.29 is 0 Å². The smallest absolute Gasteiger partial charge is 0.0728 e. The predicted molar refractivity (Wildman–Crippen MR) is 62.4 cm³/mol. The lowest BCUT2D eigenvalue weighted by Gasteiger charge is -2.08. The molecular weight excluding hydrogens is 208 g/mol. The minimum Gasteiger partial charge on any atom is -0.285 e. The van der Waals surface area contributed by atoms with Crippen LogP contribution < -0.4 is 0 Å². The Morgan fingerprint density at radius 3 is 2.80 bits per heavy atom. The molecule has 15 heavy (non-hydrogen) atoms. The molecule has 3 rings (SSSR count). The number of hydrogen-bond acceptors (Lipinski definition) is 1. The van der Waals surface area contributed by atoms with Gasteiger partial charge in [0.25, 0.3) is 0 Å². The molecule has 0 saturated carbocycles. The van der Waals surface area contributed by atoms with Crippen LogP contribution in [-0.2, 0) is 6.42 Å². The van der Waals surface area contributed by atoms with Crippen LogP contribution in [0.15, 0.2) is 36.5 Å². The molecule has 3 heteroatoms. The Morgan fingerprint density at radius 2 is 2.00 bits per heavy atom. The number of hydrogen-bond donors (Lipinski definition) is 1. The monoisotopic (exact) mass is 220 g/mol. The summed E-state index contributed by atoms with van der Waals surface area (Å²) in [5.41, 5.74) is 4.02. The predicted octanol–water partition coefficient (Wildman–Crippen LogP) is 2.91. The molecule has 0 radical (unpaired) electrons. The van der Waals surface area contributed by atoms with Crippen LogP contribution in [0.1, 0.15) is 29.2 Å². The van der Waals surface area contributed by atoms with Crippen LogP contribution in [0.4, 0.5) is 0 Å². The molecule has 2 nitrogen and oxygen atoms in total. The summed E-state index contributed by atoms with van der Waals surface area (Å²) in [6, 6.07) is 10.6. The zero-order valence-electron chi connectivity index (χ0n) is 8.31. The van der Waals surface area contributed by atoms with Crippen LogP contribution in [0.2, 0.25) is 0 Å². The molecule has 0 saturated heterocycles. The molecule has 1 aliphatic carbocycles. The Hall–Kier alpha value is -1.28. The zero-order chi connectivity index (χ0) is 9.38. The highest BCUT2D eigenvalue weighted by Crippen LogP contribution is 2.36. The second kappa shape index (κ2) is 4.07. The average Bonchev–Trinajstić information content (AvgIpc) is 2.79. The van der Waals surface area contributed by atoms with E-state index in [-0.39, 0.29) is 12.4 Å². The third-order valence-corrected chi connectivity index (χ3v) is 2.99. The third kappa shape index (κ3) is 1.65. The molecule has 2 aromatic rings. The SMILES string of the molecule is Cl.c1ccc(C2CCc3c[nH]nc32)cc1. The summed E-state index contributed by atoms with van der Waals surface area (Å²) in [6.07, 6.45) is 4.39. The lowest BCUT2D eigenvalue weighted by Crippen LogP contribution is -1.96. The Bertz CT molecular complexity index is 436. The van der Waals surface area contributed by atoms with E-state index in [9.17, 15) is 0 Å². The van der Waals surface area contributed by atoms with Crippen molar-refractivity contribution >= 4 is 12.4 Å². The van der Waals surface area contributed by atoms with Crippen LogP contribution >= 0.6 is 12.4 Å². The molecule has 1 aromatic heterocycles. The topological polar surface area (TPSA) is 28.7 Å². The van der Waals surface area contributed by atoms with Crippen LogP contribution in [0.25, 0.3) is 0 Å². The van der Waals surface area contributed by atoms with Gasteiger partial charge in [0.05, 0.1) is 5.69 Å². The first kappa shape index (κ1) is 10.2. The number of aromatic nitrogens is 2. The fraction of sp³-hybridized carbons (Fsp3) is 0.250. The van der Waals surface area contributed by atoms with Gasteiger partial charge in [-0.1, -0.05) is 30.3 Å². The van der Waals surface area contributed by atoms with E-state index >= 15 is 0 Å². The van der Waals surface area contributed by atoms with Crippen molar-refractivity contribution in [3.8, 4) is 0 Å². The molecule has 1 aliphatic rings. The average molecular weight is 221 g/mol. The maximum absolute atomic E-state index is 4.33. The second-order valence-electron chi connectivity index (χ2n) is 3.80. The van der Waals surface area contributed by atoms with Gasteiger partial charge in [0.2, 0.25) is 0 Å². The van der Waals surface area contributed by atoms with Crippen molar-refractivity contribution in [3.63, 3.8) is 0 Å². The van der Waals surface area contributed by atoms with Crippen molar-refractivity contribution in [1.82, 2.24) is 10.2 Å². The van der Waals surface area contributed by atoms with Gasteiger partial charge in [-0.05, 0) is 24.0 Å². The van der Waals surface area contributed by atoms with E-state index in [0.717, 1.165) is 6.42 Å². The van der Waals surface area contributed by atoms with E-state index in [1.54, 1.807) is 0 Å². The molecule has 0 spiro atoms. The number of fused-ring (bicyclic) bond motifs is 1. The third-order valence-electron chi connectivity index (χ3n) is 2.99. The highest BCUT2D eigenvalue weighted by Gasteiger charge is 2.25. The minimum absolute atomic E-state index is 0. The summed E-state index contributed by atoms with van der Waals surface area (Å²) in [7, 11) is 0. The van der Waals surface area contributed by atoms with Crippen LogP contribution in [0, 0.1) is 0 Å². The van der Waals surface area contributed by atoms with Crippen molar-refractivity contribution in [3.05, 3.63) is 53.3 Å². The normalized spacial score (nSPS) is 18.3. The number of aromatic amines is 1. The lowest BCUT2D eigenvalue weighted by atomic mass is 9.97. The Morgan fingerprint density at radius 1 is 1.20 bits per heavy atom. The molecule has 1 heterocycles. The number of nitrogens with zero attached hydrogens (tertiary/aromatic N) is 1.